The van der Waals surface area contributed by atoms with E-state index in [1.54, 1.807) is 0 Å². The van der Waals surface area contributed by atoms with Crippen molar-refractivity contribution in [1.29, 1.82) is 0 Å². The molecule has 0 aliphatic heterocycles. The monoisotopic (exact) mass is 450 g/mol. The molecule has 1 rings (SSSR count). The van der Waals surface area contributed by atoms with Gasteiger partial charge in [-0.15, -0.1) is 6.58 Å². The van der Waals surface area contributed by atoms with Crippen molar-refractivity contribution in [2.75, 3.05) is 0 Å². The Labute approximate surface area is 184 Å². The molecule has 0 saturated carbocycles. The summed E-state index contributed by atoms with van der Waals surface area (Å²) in [4.78, 5) is 0. The minimum atomic E-state index is -2.53. The molecular weight excluding hydrogens is 405 g/mol. The fourth-order valence-corrected chi connectivity index (χ4v) is 20.4. The van der Waals surface area contributed by atoms with Crippen LogP contribution < -0.4 is 5.19 Å². The molecule has 5 heteroatoms. The second-order valence-electron chi connectivity index (χ2n) is 8.34. The summed E-state index contributed by atoms with van der Waals surface area (Å²) < 4.78 is 14.9. The van der Waals surface area contributed by atoms with E-state index in [0.717, 1.165) is 18.9 Å². The van der Waals surface area contributed by atoms with Gasteiger partial charge in [0.2, 0.25) is 0 Å². The lowest BCUT2D eigenvalue weighted by Crippen LogP contribution is -2.64. The van der Waals surface area contributed by atoms with Gasteiger partial charge in [0.05, 0.1) is 0 Å². The van der Waals surface area contributed by atoms with Gasteiger partial charge in [-0.3, -0.25) is 0 Å². The van der Waals surface area contributed by atoms with Gasteiger partial charge >= 0.3 is 8.56 Å². The van der Waals surface area contributed by atoms with Crippen molar-refractivity contribution in [3.05, 3.63) is 43.0 Å². The Kier molecular flexibility index (Phi) is 12.0. The Bertz CT molecular complexity index is 530. The molecule has 0 bridgehead atoms. The molecule has 166 valence electrons. The van der Waals surface area contributed by atoms with Gasteiger partial charge in [0.15, 0.2) is 16.6 Å². The first kappa shape index (κ1) is 26.6. The molecule has 0 spiro atoms. The van der Waals surface area contributed by atoms with Crippen LogP contribution in [-0.2, 0) is 8.23 Å². The molecule has 0 atom stereocenters. The summed E-state index contributed by atoms with van der Waals surface area (Å²) in [6.45, 7) is 17.9. The van der Waals surface area contributed by atoms with Gasteiger partial charge in [-0.2, -0.15) is 0 Å². The summed E-state index contributed by atoms with van der Waals surface area (Å²) in [5.41, 5.74) is 0. The SMILES string of the molecule is C=CCCCC[Si](O[Si](CC)(CC)CC)(O[Si](CC)(CC)CC)c1ccccc1. The Hall–Kier alpha value is -0.469. The van der Waals surface area contributed by atoms with Crippen LogP contribution in [0.4, 0.5) is 0 Å². The normalized spacial score (nSPS) is 12.9. The number of benzene rings is 1. The van der Waals surface area contributed by atoms with Crippen LogP contribution in [0.3, 0.4) is 0 Å². The molecule has 1 aromatic carbocycles. The molecule has 1 aromatic rings. The van der Waals surface area contributed by atoms with Crippen LogP contribution in [0.2, 0.25) is 42.3 Å². The summed E-state index contributed by atoms with van der Waals surface area (Å²) in [6.07, 6.45) is 5.46. The average molecular weight is 451 g/mol. The zero-order valence-corrected chi connectivity index (χ0v) is 23.1. The zero-order valence-electron chi connectivity index (χ0n) is 20.1. The van der Waals surface area contributed by atoms with E-state index in [9.17, 15) is 0 Å². The number of rotatable bonds is 16. The number of unbranched alkanes of at least 4 members (excludes halogenated alkanes) is 2. The highest BCUT2D eigenvalue weighted by atomic mass is 28.5. The van der Waals surface area contributed by atoms with Gasteiger partial charge in [-0.25, -0.2) is 0 Å². The molecular formula is C24H46O2Si3. The first-order valence-electron chi connectivity index (χ1n) is 12.0. The fourth-order valence-electron chi connectivity index (χ4n) is 4.36. The topological polar surface area (TPSA) is 18.5 Å². The maximum absolute atomic E-state index is 7.47. The minimum absolute atomic E-state index is 1.08. The molecule has 0 aromatic heterocycles. The Morgan fingerprint density at radius 2 is 1.17 bits per heavy atom. The fraction of sp³-hybridized carbons (Fsp3) is 0.667. The summed E-state index contributed by atoms with van der Waals surface area (Å²) in [5, 5.41) is 1.36. The van der Waals surface area contributed by atoms with Gasteiger partial charge in [-0.1, -0.05) is 84.4 Å². The van der Waals surface area contributed by atoms with Crippen molar-refractivity contribution in [2.24, 2.45) is 0 Å². The molecule has 0 fully saturated rings. The Morgan fingerprint density at radius 1 is 0.724 bits per heavy atom. The van der Waals surface area contributed by atoms with E-state index in [1.165, 1.54) is 47.9 Å². The van der Waals surface area contributed by atoms with Gasteiger partial charge in [0.1, 0.15) is 0 Å². The van der Waals surface area contributed by atoms with E-state index in [1.807, 2.05) is 6.08 Å². The van der Waals surface area contributed by atoms with Crippen molar-refractivity contribution in [3.8, 4) is 0 Å². The van der Waals surface area contributed by atoms with E-state index >= 15 is 0 Å². The first-order valence-corrected chi connectivity index (χ1v) is 19.1. The quantitative estimate of drug-likeness (QED) is 0.146. The van der Waals surface area contributed by atoms with Gasteiger partial charge in [0.25, 0.3) is 0 Å². The molecule has 0 N–H and O–H groups in total. The lowest BCUT2D eigenvalue weighted by molar-refractivity contribution is 0.373. The number of allylic oxidation sites excluding steroid dienone is 1. The molecule has 29 heavy (non-hydrogen) atoms. The molecule has 2 nitrogen and oxygen atoms in total. The summed E-state index contributed by atoms with van der Waals surface area (Å²) in [5.74, 6) is 0. The third kappa shape index (κ3) is 7.03. The summed E-state index contributed by atoms with van der Waals surface area (Å²) >= 11 is 0. The standard InChI is InChI=1S/C24H46O2Si3/c1-8-15-16-20-23-29(24-21-18-17-19-22-24,25-27(9-2,10-3)11-4)26-28(12-5,13-6)14-7/h8,17-19,21-22H,1,9-16,20,23H2,2-7H3. The molecule has 0 unspecified atom stereocenters. The Morgan fingerprint density at radius 3 is 1.55 bits per heavy atom. The highest BCUT2D eigenvalue weighted by Crippen LogP contribution is 2.35. The van der Waals surface area contributed by atoms with Gasteiger partial charge < -0.3 is 8.23 Å². The predicted octanol–water partition coefficient (Wildman–Crippen LogP) is 7.74. The van der Waals surface area contributed by atoms with Crippen molar-refractivity contribution in [3.63, 3.8) is 0 Å². The van der Waals surface area contributed by atoms with Crippen LogP contribution in [0.25, 0.3) is 0 Å². The lowest BCUT2D eigenvalue weighted by Gasteiger charge is -2.46. The van der Waals surface area contributed by atoms with E-state index < -0.39 is 25.2 Å². The minimum Gasteiger partial charge on any atom is -0.433 e. The molecule has 0 aliphatic carbocycles. The Balaban J connectivity index is 3.51. The number of hydrogen-bond donors (Lipinski definition) is 0. The van der Waals surface area contributed by atoms with Gasteiger partial charge in [-0.05, 0) is 60.3 Å². The van der Waals surface area contributed by atoms with Gasteiger partial charge in [0, 0.05) is 0 Å². The third-order valence-electron chi connectivity index (χ3n) is 7.01. The maximum Gasteiger partial charge on any atom is 0.352 e. The molecule has 0 aliphatic rings. The first-order chi connectivity index (χ1) is 13.9. The highest BCUT2D eigenvalue weighted by Gasteiger charge is 2.50. The van der Waals surface area contributed by atoms with Crippen molar-refractivity contribution in [2.45, 2.75) is 103 Å². The van der Waals surface area contributed by atoms with E-state index in [-0.39, 0.29) is 0 Å². The van der Waals surface area contributed by atoms with E-state index in [2.05, 4.69) is 78.5 Å². The van der Waals surface area contributed by atoms with Crippen LogP contribution >= 0.6 is 0 Å². The third-order valence-corrected chi connectivity index (χ3v) is 23.1. The van der Waals surface area contributed by atoms with E-state index in [4.69, 9.17) is 8.23 Å². The summed E-state index contributed by atoms with van der Waals surface area (Å²) in [7, 11) is -6.14. The number of hydrogen-bond acceptors (Lipinski definition) is 2. The van der Waals surface area contributed by atoms with Crippen molar-refractivity contribution >= 4 is 30.4 Å². The van der Waals surface area contributed by atoms with Crippen molar-refractivity contribution < 1.29 is 8.23 Å². The van der Waals surface area contributed by atoms with Crippen LogP contribution in [-0.4, -0.2) is 25.2 Å². The molecule has 0 radical (unpaired) electrons. The van der Waals surface area contributed by atoms with Crippen molar-refractivity contribution in [1.82, 2.24) is 0 Å². The maximum atomic E-state index is 7.47. The van der Waals surface area contributed by atoms with Crippen LogP contribution in [0.1, 0.15) is 60.8 Å². The molecule has 0 saturated heterocycles. The molecule has 0 heterocycles. The van der Waals surface area contributed by atoms with Crippen LogP contribution in [0, 0.1) is 0 Å². The second kappa shape index (κ2) is 13.1. The smallest absolute Gasteiger partial charge is 0.352 e. The second-order valence-corrected chi connectivity index (χ2v) is 21.5. The molecule has 0 amide bonds. The average Bonchev–Trinajstić information content (AvgIpc) is 2.79. The largest absolute Gasteiger partial charge is 0.433 e. The summed E-state index contributed by atoms with van der Waals surface area (Å²) in [6, 6.07) is 19.2. The zero-order chi connectivity index (χ0) is 21.8. The van der Waals surface area contributed by atoms with Crippen LogP contribution in [0.15, 0.2) is 43.0 Å². The van der Waals surface area contributed by atoms with Crippen LogP contribution in [0.5, 0.6) is 0 Å². The van der Waals surface area contributed by atoms with E-state index in [0.29, 0.717) is 0 Å². The predicted molar refractivity (Wildman–Crippen MR) is 137 cm³/mol. The lowest BCUT2D eigenvalue weighted by atomic mass is 10.2. The highest BCUT2D eigenvalue weighted by molar-refractivity contribution is 6.96.